The molecule has 0 radical (unpaired) electrons. The number of ether oxygens (including phenoxy) is 2. The number of hydrogen-bond donors (Lipinski definition) is 1. The van der Waals surface area contributed by atoms with Gasteiger partial charge in [0.2, 0.25) is 11.8 Å². The van der Waals surface area contributed by atoms with Gasteiger partial charge in [-0.2, -0.15) is 0 Å². The lowest BCUT2D eigenvalue weighted by Crippen LogP contribution is -2.52. The molecule has 5 rings (SSSR count). The first-order valence-electron chi connectivity index (χ1n) is 11.2. The molecule has 1 aliphatic carbocycles. The molecule has 1 saturated carbocycles. The standard InChI is InChI=1S/C21H26N2O4.C2H6/c24-19-5-4-18(20(25)22-19)23-11-8-16-15(2-1-3-17(16)23)14-6-9-21(10-7-14)26-12-13-27-21;1-2/h1-3,14,18H,4-13H2,(H,22,24,25);1-2H3. The predicted molar refractivity (Wildman–Crippen MR) is 111 cm³/mol. The molecule has 2 saturated heterocycles. The van der Waals surface area contributed by atoms with Gasteiger partial charge in [0.1, 0.15) is 6.04 Å². The van der Waals surface area contributed by atoms with E-state index in [1.54, 1.807) is 0 Å². The molecule has 3 fully saturated rings. The number of nitrogens with one attached hydrogen (secondary N) is 1. The molecule has 3 aliphatic heterocycles. The zero-order valence-corrected chi connectivity index (χ0v) is 17.5. The first-order valence-corrected chi connectivity index (χ1v) is 11.2. The minimum atomic E-state index is -0.326. The quantitative estimate of drug-likeness (QED) is 0.772. The van der Waals surface area contributed by atoms with Gasteiger partial charge < -0.3 is 14.4 Å². The van der Waals surface area contributed by atoms with Gasteiger partial charge >= 0.3 is 0 Å². The highest BCUT2D eigenvalue weighted by Crippen LogP contribution is 2.45. The van der Waals surface area contributed by atoms with Crippen LogP contribution in [0.15, 0.2) is 18.2 Å². The van der Waals surface area contributed by atoms with Crippen LogP contribution in [0.3, 0.4) is 0 Å². The number of carbonyl (C=O) groups excluding carboxylic acids is 2. The minimum Gasteiger partial charge on any atom is -0.359 e. The number of amides is 2. The Balaban J connectivity index is 0.000000994. The summed E-state index contributed by atoms with van der Waals surface area (Å²) in [4.78, 5) is 26.0. The summed E-state index contributed by atoms with van der Waals surface area (Å²) >= 11 is 0. The van der Waals surface area contributed by atoms with Crippen molar-refractivity contribution in [1.29, 1.82) is 0 Å². The molecule has 1 aromatic carbocycles. The van der Waals surface area contributed by atoms with Gasteiger partial charge in [0, 0.05) is 31.5 Å². The van der Waals surface area contributed by atoms with Crippen LogP contribution in [0.25, 0.3) is 0 Å². The summed E-state index contributed by atoms with van der Waals surface area (Å²) in [5.74, 6) is -0.107. The largest absolute Gasteiger partial charge is 0.359 e. The molecule has 6 heteroatoms. The fourth-order valence-corrected chi connectivity index (χ4v) is 5.33. The Kier molecular flexibility index (Phi) is 5.93. The summed E-state index contributed by atoms with van der Waals surface area (Å²) < 4.78 is 11.7. The van der Waals surface area contributed by atoms with Crippen LogP contribution < -0.4 is 10.2 Å². The van der Waals surface area contributed by atoms with Crippen LogP contribution in [0.4, 0.5) is 5.69 Å². The summed E-state index contributed by atoms with van der Waals surface area (Å²) in [5, 5.41) is 2.50. The highest BCUT2D eigenvalue weighted by atomic mass is 16.7. The second-order valence-corrected chi connectivity index (χ2v) is 8.14. The molecule has 29 heavy (non-hydrogen) atoms. The fraction of sp³-hybridized carbons (Fsp3) is 0.652. The molecule has 1 atom stereocenters. The molecule has 4 aliphatic rings. The molecule has 1 aromatic rings. The Morgan fingerprint density at radius 3 is 2.45 bits per heavy atom. The van der Waals surface area contributed by atoms with E-state index in [4.69, 9.17) is 9.47 Å². The van der Waals surface area contributed by atoms with Crippen molar-refractivity contribution in [2.75, 3.05) is 24.7 Å². The number of piperidine rings is 1. The lowest BCUT2D eigenvalue weighted by atomic mass is 9.79. The maximum absolute atomic E-state index is 12.3. The normalized spacial score (nSPS) is 26.1. The Bertz CT molecular complexity index is 762. The molecule has 158 valence electrons. The van der Waals surface area contributed by atoms with Gasteiger partial charge in [-0.25, -0.2) is 0 Å². The molecule has 1 N–H and O–H groups in total. The smallest absolute Gasteiger partial charge is 0.249 e. The number of rotatable bonds is 2. The lowest BCUT2D eigenvalue weighted by Gasteiger charge is -2.36. The van der Waals surface area contributed by atoms with Crippen molar-refractivity contribution in [1.82, 2.24) is 5.32 Å². The van der Waals surface area contributed by atoms with E-state index in [2.05, 4.69) is 28.4 Å². The minimum absolute atomic E-state index is 0.153. The van der Waals surface area contributed by atoms with E-state index in [0.29, 0.717) is 32.0 Å². The van der Waals surface area contributed by atoms with Crippen LogP contribution in [0.2, 0.25) is 0 Å². The molecular weight excluding hydrogens is 368 g/mol. The van der Waals surface area contributed by atoms with Gasteiger partial charge in [-0.1, -0.05) is 26.0 Å². The van der Waals surface area contributed by atoms with Crippen molar-refractivity contribution in [3.05, 3.63) is 29.3 Å². The average molecular weight is 401 g/mol. The molecule has 2 amide bonds. The first kappa shape index (κ1) is 20.4. The monoisotopic (exact) mass is 400 g/mol. The van der Waals surface area contributed by atoms with Crippen molar-refractivity contribution in [2.24, 2.45) is 0 Å². The zero-order chi connectivity index (χ0) is 20.4. The zero-order valence-electron chi connectivity index (χ0n) is 17.5. The third-order valence-electron chi connectivity index (χ3n) is 6.69. The van der Waals surface area contributed by atoms with Gasteiger partial charge in [-0.15, -0.1) is 0 Å². The van der Waals surface area contributed by atoms with Crippen LogP contribution in [-0.4, -0.2) is 43.4 Å². The van der Waals surface area contributed by atoms with Crippen molar-refractivity contribution >= 4 is 17.5 Å². The number of imide groups is 1. The Morgan fingerprint density at radius 2 is 1.76 bits per heavy atom. The molecule has 6 nitrogen and oxygen atoms in total. The Morgan fingerprint density at radius 1 is 1.03 bits per heavy atom. The van der Waals surface area contributed by atoms with Crippen molar-refractivity contribution in [3.8, 4) is 0 Å². The number of benzene rings is 1. The SMILES string of the molecule is CC.O=C1CCC(N2CCc3c(C4CCC5(CC4)OCCO5)cccc32)C(=O)N1. The van der Waals surface area contributed by atoms with Crippen LogP contribution in [0.5, 0.6) is 0 Å². The Labute approximate surface area is 172 Å². The van der Waals surface area contributed by atoms with E-state index in [9.17, 15) is 9.59 Å². The summed E-state index contributed by atoms with van der Waals surface area (Å²) in [6, 6.07) is 6.27. The third kappa shape index (κ3) is 3.80. The summed E-state index contributed by atoms with van der Waals surface area (Å²) in [6.45, 7) is 6.28. The molecule has 0 aromatic heterocycles. The molecular formula is C23H32N2O4. The van der Waals surface area contributed by atoms with Crippen molar-refractivity contribution in [3.63, 3.8) is 0 Å². The summed E-state index contributed by atoms with van der Waals surface area (Å²) in [7, 11) is 0. The predicted octanol–water partition coefficient (Wildman–Crippen LogP) is 3.28. The molecule has 0 bridgehead atoms. The van der Waals surface area contributed by atoms with Gasteiger partial charge in [-0.05, 0) is 48.8 Å². The van der Waals surface area contributed by atoms with E-state index >= 15 is 0 Å². The topological polar surface area (TPSA) is 67.9 Å². The number of fused-ring (bicyclic) bond motifs is 1. The molecule has 3 heterocycles. The first-order chi connectivity index (χ1) is 14.2. The molecule has 1 unspecified atom stereocenters. The molecule has 1 spiro atoms. The Hall–Kier alpha value is -1.92. The fourth-order valence-electron chi connectivity index (χ4n) is 5.33. The number of anilines is 1. The third-order valence-corrected chi connectivity index (χ3v) is 6.69. The highest BCUT2D eigenvalue weighted by molar-refractivity contribution is 6.02. The van der Waals surface area contributed by atoms with Crippen molar-refractivity contribution in [2.45, 2.75) is 76.5 Å². The van der Waals surface area contributed by atoms with E-state index in [1.807, 2.05) is 13.8 Å². The second kappa shape index (κ2) is 8.44. The lowest BCUT2D eigenvalue weighted by molar-refractivity contribution is -0.178. The van der Waals surface area contributed by atoms with E-state index in [-0.39, 0.29) is 23.6 Å². The van der Waals surface area contributed by atoms with Gasteiger partial charge in [-0.3, -0.25) is 14.9 Å². The van der Waals surface area contributed by atoms with Gasteiger partial charge in [0.05, 0.1) is 13.2 Å². The maximum Gasteiger partial charge on any atom is 0.249 e. The maximum atomic E-state index is 12.3. The van der Waals surface area contributed by atoms with Crippen LogP contribution in [-0.2, 0) is 25.5 Å². The van der Waals surface area contributed by atoms with Crippen molar-refractivity contribution < 1.29 is 19.1 Å². The number of carbonyl (C=O) groups is 2. The van der Waals surface area contributed by atoms with Crippen LogP contribution in [0.1, 0.15) is 69.4 Å². The average Bonchev–Trinajstić information content (AvgIpc) is 3.38. The van der Waals surface area contributed by atoms with Gasteiger partial charge in [0.25, 0.3) is 0 Å². The number of hydrogen-bond acceptors (Lipinski definition) is 5. The van der Waals surface area contributed by atoms with Gasteiger partial charge in [0.15, 0.2) is 5.79 Å². The highest BCUT2D eigenvalue weighted by Gasteiger charge is 2.42. The second-order valence-electron chi connectivity index (χ2n) is 8.14. The number of nitrogens with zero attached hydrogens (tertiary/aromatic N) is 1. The van der Waals surface area contributed by atoms with E-state index in [1.165, 1.54) is 16.8 Å². The van der Waals surface area contributed by atoms with E-state index in [0.717, 1.165) is 38.6 Å². The van der Waals surface area contributed by atoms with E-state index < -0.39 is 0 Å². The summed E-state index contributed by atoms with van der Waals surface area (Å²) in [6.07, 6.45) is 6.07. The summed E-state index contributed by atoms with van der Waals surface area (Å²) in [5.41, 5.74) is 3.99. The van der Waals surface area contributed by atoms with Crippen LogP contribution >= 0.6 is 0 Å². The van der Waals surface area contributed by atoms with Crippen LogP contribution in [0, 0.1) is 0 Å².